The maximum atomic E-state index is 12.5. The molecule has 0 aliphatic rings. The van der Waals surface area contributed by atoms with Gasteiger partial charge in [0.2, 0.25) is 5.91 Å². The van der Waals surface area contributed by atoms with Gasteiger partial charge in [-0.3, -0.25) is 4.79 Å². The summed E-state index contributed by atoms with van der Waals surface area (Å²) in [5.74, 6) is 0.893. The molecule has 0 aliphatic heterocycles. The highest BCUT2D eigenvalue weighted by atomic mass is 35.5. The summed E-state index contributed by atoms with van der Waals surface area (Å²) < 4.78 is 5.27. The van der Waals surface area contributed by atoms with Crippen LogP contribution >= 0.6 is 11.6 Å². The van der Waals surface area contributed by atoms with Crippen LogP contribution in [-0.4, -0.2) is 31.5 Å². The fourth-order valence-corrected chi connectivity index (χ4v) is 3.23. The third-order valence-electron chi connectivity index (χ3n) is 4.89. The predicted octanol–water partition coefficient (Wildman–Crippen LogP) is 4.81. The first-order chi connectivity index (χ1) is 13.5. The monoisotopic (exact) mass is 396 g/mol. The number of halogens is 1. The number of fused-ring (bicyclic) bond motifs is 1. The largest absolute Gasteiger partial charge is 0.497 e. The Bertz CT molecular complexity index is 956. The molecular formula is C23H25ClN2O2. The van der Waals surface area contributed by atoms with Gasteiger partial charge in [0, 0.05) is 24.7 Å². The Balaban J connectivity index is 1.57. The number of benzene rings is 3. The highest BCUT2D eigenvalue weighted by Crippen LogP contribution is 2.22. The minimum Gasteiger partial charge on any atom is -0.497 e. The van der Waals surface area contributed by atoms with E-state index in [4.69, 9.17) is 16.3 Å². The van der Waals surface area contributed by atoms with Crippen LogP contribution in [0.15, 0.2) is 60.7 Å². The molecule has 5 heteroatoms. The van der Waals surface area contributed by atoms with Gasteiger partial charge < -0.3 is 15.0 Å². The number of nitrogens with zero attached hydrogens (tertiary/aromatic N) is 1. The molecule has 0 heterocycles. The normalized spacial score (nSPS) is 12.0. The van der Waals surface area contributed by atoms with E-state index >= 15 is 0 Å². The molecule has 3 aromatic carbocycles. The van der Waals surface area contributed by atoms with Crippen LogP contribution in [0.1, 0.15) is 24.1 Å². The van der Waals surface area contributed by atoms with Crippen LogP contribution in [0, 0.1) is 0 Å². The van der Waals surface area contributed by atoms with E-state index in [-0.39, 0.29) is 18.5 Å². The van der Waals surface area contributed by atoms with E-state index < -0.39 is 0 Å². The summed E-state index contributed by atoms with van der Waals surface area (Å²) in [5, 5.41) is 6.24. The molecule has 28 heavy (non-hydrogen) atoms. The van der Waals surface area contributed by atoms with Crippen molar-refractivity contribution in [2.24, 2.45) is 0 Å². The molecule has 0 spiro atoms. The second kappa shape index (κ2) is 9.09. The van der Waals surface area contributed by atoms with Crippen molar-refractivity contribution in [2.75, 3.05) is 20.7 Å². The van der Waals surface area contributed by atoms with E-state index in [1.54, 1.807) is 12.0 Å². The summed E-state index contributed by atoms with van der Waals surface area (Å²) in [4.78, 5) is 14.3. The number of rotatable bonds is 7. The molecule has 0 saturated heterocycles. The van der Waals surface area contributed by atoms with Gasteiger partial charge in [-0.2, -0.15) is 0 Å². The lowest BCUT2D eigenvalue weighted by atomic mass is 10.1. The van der Waals surface area contributed by atoms with E-state index in [9.17, 15) is 4.79 Å². The second-order valence-electron chi connectivity index (χ2n) is 6.95. The predicted molar refractivity (Wildman–Crippen MR) is 115 cm³/mol. The van der Waals surface area contributed by atoms with Crippen LogP contribution in [0.4, 0.5) is 0 Å². The summed E-state index contributed by atoms with van der Waals surface area (Å²) in [6.45, 7) is 2.89. The van der Waals surface area contributed by atoms with Crippen LogP contribution in [0.5, 0.6) is 5.75 Å². The second-order valence-corrected chi connectivity index (χ2v) is 7.39. The number of methoxy groups -OCH3 is 1. The maximum Gasteiger partial charge on any atom is 0.236 e. The average molecular weight is 397 g/mol. The number of hydrogen-bond donors (Lipinski definition) is 1. The van der Waals surface area contributed by atoms with Gasteiger partial charge in [0.25, 0.3) is 0 Å². The maximum absolute atomic E-state index is 12.5. The number of hydrogen-bond acceptors (Lipinski definition) is 3. The Morgan fingerprint density at radius 2 is 1.75 bits per heavy atom. The molecule has 0 aromatic heterocycles. The van der Waals surface area contributed by atoms with Crippen LogP contribution in [-0.2, 0) is 11.3 Å². The molecule has 3 aromatic rings. The fraction of sp³-hybridized carbons (Fsp3) is 0.261. The standard InChI is InChI=1S/C23H25ClN2O2/c1-16(18-6-9-21(24)10-7-18)25-14-23(27)26(2)15-17-4-5-20-13-22(28-3)11-8-19(20)12-17/h4-13,16,25H,14-15H2,1-3H3/t16-/m0/s1. The number of carbonyl (C=O) groups is 1. The number of nitrogens with one attached hydrogen (secondary N) is 1. The zero-order valence-electron chi connectivity index (χ0n) is 16.4. The zero-order chi connectivity index (χ0) is 20.1. The Kier molecular flexibility index (Phi) is 6.55. The summed E-state index contributed by atoms with van der Waals surface area (Å²) in [7, 11) is 3.49. The smallest absolute Gasteiger partial charge is 0.236 e. The van der Waals surface area contributed by atoms with Crippen LogP contribution in [0.3, 0.4) is 0 Å². The van der Waals surface area contributed by atoms with E-state index in [1.807, 2.05) is 56.4 Å². The van der Waals surface area contributed by atoms with Crippen LogP contribution in [0.25, 0.3) is 10.8 Å². The van der Waals surface area contributed by atoms with Gasteiger partial charge in [0.15, 0.2) is 0 Å². The number of amides is 1. The summed E-state index contributed by atoms with van der Waals surface area (Å²) in [5.41, 5.74) is 2.20. The highest BCUT2D eigenvalue weighted by molar-refractivity contribution is 6.30. The van der Waals surface area contributed by atoms with Crippen molar-refractivity contribution < 1.29 is 9.53 Å². The lowest BCUT2D eigenvalue weighted by molar-refractivity contribution is -0.129. The third kappa shape index (κ3) is 5.03. The molecule has 4 nitrogen and oxygen atoms in total. The van der Waals surface area contributed by atoms with Crippen LogP contribution in [0.2, 0.25) is 5.02 Å². The molecule has 0 bridgehead atoms. The molecule has 0 radical (unpaired) electrons. The Morgan fingerprint density at radius 3 is 2.46 bits per heavy atom. The number of carbonyl (C=O) groups excluding carboxylic acids is 1. The first kappa shape index (κ1) is 20.2. The van der Waals surface area contributed by atoms with Crippen LogP contribution < -0.4 is 10.1 Å². The molecule has 146 valence electrons. The van der Waals surface area contributed by atoms with Gasteiger partial charge in [-0.25, -0.2) is 0 Å². The molecule has 0 unspecified atom stereocenters. The van der Waals surface area contributed by atoms with Gasteiger partial charge in [-0.05, 0) is 59.2 Å². The molecule has 0 fully saturated rings. The molecule has 0 aliphatic carbocycles. The highest BCUT2D eigenvalue weighted by Gasteiger charge is 2.12. The number of likely N-dealkylation sites (N-methyl/N-ethyl adjacent to an activating group) is 1. The van der Waals surface area contributed by atoms with Crippen molar-refractivity contribution >= 4 is 28.3 Å². The first-order valence-electron chi connectivity index (χ1n) is 9.26. The Hall–Kier alpha value is -2.56. The summed E-state index contributed by atoms with van der Waals surface area (Å²) in [6.07, 6.45) is 0. The topological polar surface area (TPSA) is 41.6 Å². The molecule has 3 rings (SSSR count). The Morgan fingerprint density at radius 1 is 1.07 bits per heavy atom. The zero-order valence-corrected chi connectivity index (χ0v) is 17.2. The van der Waals surface area contributed by atoms with Gasteiger partial charge in [-0.15, -0.1) is 0 Å². The lowest BCUT2D eigenvalue weighted by Gasteiger charge is -2.20. The summed E-state index contributed by atoms with van der Waals surface area (Å²) >= 11 is 5.93. The van der Waals surface area contributed by atoms with E-state index in [1.165, 1.54) is 0 Å². The van der Waals surface area contributed by atoms with Gasteiger partial charge >= 0.3 is 0 Å². The van der Waals surface area contributed by atoms with Gasteiger partial charge in [0.1, 0.15) is 5.75 Å². The quantitative estimate of drug-likeness (QED) is 0.623. The molecule has 1 N–H and O–H groups in total. The fourth-order valence-electron chi connectivity index (χ4n) is 3.11. The third-order valence-corrected chi connectivity index (χ3v) is 5.14. The summed E-state index contributed by atoms with van der Waals surface area (Å²) in [6, 6.07) is 20.0. The Labute approximate surface area is 171 Å². The molecule has 0 saturated carbocycles. The van der Waals surface area contributed by atoms with Crippen molar-refractivity contribution in [1.29, 1.82) is 0 Å². The average Bonchev–Trinajstić information content (AvgIpc) is 2.71. The SMILES string of the molecule is COc1ccc2cc(CN(C)C(=O)CN[C@@H](C)c3ccc(Cl)cc3)ccc2c1. The molecular weight excluding hydrogens is 372 g/mol. The van der Waals surface area contributed by atoms with Crippen molar-refractivity contribution in [2.45, 2.75) is 19.5 Å². The van der Waals surface area contributed by atoms with Crippen molar-refractivity contribution in [3.05, 3.63) is 76.8 Å². The van der Waals surface area contributed by atoms with Crippen molar-refractivity contribution in [3.63, 3.8) is 0 Å². The van der Waals surface area contributed by atoms with Gasteiger partial charge in [-0.1, -0.05) is 41.9 Å². The molecule has 1 atom stereocenters. The van der Waals surface area contributed by atoms with Crippen molar-refractivity contribution in [1.82, 2.24) is 10.2 Å². The van der Waals surface area contributed by atoms with Gasteiger partial charge in [0.05, 0.1) is 13.7 Å². The minimum atomic E-state index is 0.0515. The van der Waals surface area contributed by atoms with E-state index in [0.29, 0.717) is 11.6 Å². The minimum absolute atomic E-state index is 0.0515. The van der Waals surface area contributed by atoms with Crippen molar-refractivity contribution in [3.8, 4) is 5.75 Å². The first-order valence-corrected chi connectivity index (χ1v) is 9.63. The van der Waals surface area contributed by atoms with E-state index in [2.05, 4.69) is 23.5 Å². The lowest BCUT2D eigenvalue weighted by Crippen LogP contribution is -2.36. The van der Waals surface area contributed by atoms with E-state index in [0.717, 1.165) is 27.6 Å². The molecule has 1 amide bonds. The number of ether oxygens (including phenoxy) is 1.